The molecule has 1 fully saturated rings. The Morgan fingerprint density at radius 3 is 2.60 bits per heavy atom. The first-order chi connectivity index (χ1) is 9.48. The number of rotatable bonds is 4. The number of halogens is 1. The number of hydrogen-bond acceptors (Lipinski definition) is 3. The van der Waals surface area contributed by atoms with Gasteiger partial charge in [0, 0.05) is 0 Å². The van der Waals surface area contributed by atoms with E-state index in [1.54, 1.807) is 0 Å². The van der Waals surface area contributed by atoms with Gasteiger partial charge in [0.1, 0.15) is 5.54 Å². The van der Waals surface area contributed by atoms with Crippen molar-refractivity contribution in [3.05, 3.63) is 22.6 Å². The molecule has 0 unspecified atom stereocenters. The molecule has 1 heterocycles. The van der Waals surface area contributed by atoms with Gasteiger partial charge in [-0.2, -0.15) is 0 Å². The van der Waals surface area contributed by atoms with E-state index in [9.17, 15) is 14.7 Å². The van der Waals surface area contributed by atoms with E-state index >= 15 is 0 Å². The van der Waals surface area contributed by atoms with Gasteiger partial charge in [0.25, 0.3) is 5.91 Å². The van der Waals surface area contributed by atoms with Crippen LogP contribution in [0.5, 0.6) is 0 Å². The summed E-state index contributed by atoms with van der Waals surface area (Å²) in [4.78, 5) is 23.8. The number of carboxylic acids is 1. The third-order valence-electron chi connectivity index (χ3n) is 4.16. The van der Waals surface area contributed by atoms with Gasteiger partial charge in [-0.05, 0) is 53.6 Å². The third kappa shape index (κ3) is 2.90. The number of hydrogen-bond donors (Lipinski definition) is 2. The van der Waals surface area contributed by atoms with Crippen LogP contribution in [0.4, 0.5) is 0 Å². The topological polar surface area (TPSA) is 79.5 Å². The van der Waals surface area contributed by atoms with E-state index < -0.39 is 17.4 Å². The van der Waals surface area contributed by atoms with E-state index in [1.807, 2.05) is 0 Å². The number of carbonyl (C=O) groups excluding carboxylic acids is 1. The van der Waals surface area contributed by atoms with E-state index in [2.05, 4.69) is 28.2 Å². The predicted molar refractivity (Wildman–Crippen MR) is 76.5 cm³/mol. The molecule has 1 aliphatic carbocycles. The van der Waals surface area contributed by atoms with Crippen molar-refractivity contribution in [2.45, 2.75) is 44.6 Å². The molecule has 0 saturated heterocycles. The van der Waals surface area contributed by atoms with Crippen LogP contribution in [0.1, 0.15) is 49.4 Å². The lowest BCUT2D eigenvalue weighted by atomic mass is 9.75. The highest BCUT2D eigenvalue weighted by Gasteiger charge is 2.43. The number of amides is 1. The standard InChI is InChI=1S/C14H18BrNO4/c1-2-9-3-6-14(7-4-9,13(18)19)16-12(17)10-5-8-20-11(10)15/h5,8-9H,2-4,6-7H2,1H3,(H,16,17)(H,18,19). The molecule has 0 aliphatic heterocycles. The Morgan fingerprint density at radius 1 is 1.50 bits per heavy atom. The van der Waals surface area contributed by atoms with Crippen LogP contribution in [0.3, 0.4) is 0 Å². The zero-order chi connectivity index (χ0) is 14.8. The molecule has 1 aromatic heterocycles. The Kier molecular flexibility index (Phi) is 4.52. The Morgan fingerprint density at radius 2 is 2.15 bits per heavy atom. The zero-order valence-electron chi connectivity index (χ0n) is 11.3. The number of carboxylic acid groups (broad SMARTS) is 1. The van der Waals surface area contributed by atoms with Crippen LogP contribution >= 0.6 is 15.9 Å². The Bertz CT molecular complexity index is 503. The van der Waals surface area contributed by atoms with Crippen LogP contribution in [-0.2, 0) is 4.79 Å². The molecule has 1 aliphatic rings. The van der Waals surface area contributed by atoms with E-state index in [1.165, 1.54) is 12.3 Å². The van der Waals surface area contributed by atoms with E-state index in [-0.39, 0.29) is 0 Å². The smallest absolute Gasteiger partial charge is 0.329 e. The fourth-order valence-electron chi connectivity index (χ4n) is 2.71. The highest BCUT2D eigenvalue weighted by atomic mass is 79.9. The quantitative estimate of drug-likeness (QED) is 0.879. The normalized spacial score (nSPS) is 26.2. The maximum Gasteiger partial charge on any atom is 0.329 e. The van der Waals surface area contributed by atoms with Crippen molar-refractivity contribution < 1.29 is 19.1 Å². The molecule has 0 aromatic carbocycles. The average molecular weight is 344 g/mol. The van der Waals surface area contributed by atoms with Crippen molar-refractivity contribution >= 4 is 27.8 Å². The number of nitrogens with one attached hydrogen (secondary N) is 1. The second-order valence-corrected chi connectivity index (χ2v) is 6.02. The van der Waals surface area contributed by atoms with E-state index in [0.717, 1.165) is 19.3 Å². The van der Waals surface area contributed by atoms with Crippen molar-refractivity contribution in [2.24, 2.45) is 5.92 Å². The van der Waals surface area contributed by atoms with Crippen molar-refractivity contribution in [2.75, 3.05) is 0 Å². The van der Waals surface area contributed by atoms with E-state index in [0.29, 0.717) is 29.0 Å². The highest BCUT2D eigenvalue weighted by molar-refractivity contribution is 9.10. The molecule has 6 heteroatoms. The minimum Gasteiger partial charge on any atom is -0.480 e. The second-order valence-electron chi connectivity index (χ2n) is 5.30. The predicted octanol–water partition coefficient (Wildman–Crippen LogP) is 3.20. The Hall–Kier alpha value is -1.30. The van der Waals surface area contributed by atoms with Gasteiger partial charge < -0.3 is 14.8 Å². The maximum absolute atomic E-state index is 12.2. The molecule has 0 spiro atoms. The summed E-state index contributed by atoms with van der Waals surface area (Å²) < 4.78 is 5.33. The van der Waals surface area contributed by atoms with Gasteiger partial charge in [0.05, 0.1) is 11.8 Å². The fraction of sp³-hybridized carbons (Fsp3) is 0.571. The van der Waals surface area contributed by atoms with Crippen molar-refractivity contribution in [3.63, 3.8) is 0 Å². The number of aliphatic carboxylic acids is 1. The maximum atomic E-state index is 12.2. The minimum atomic E-state index is -1.15. The van der Waals surface area contributed by atoms with Crippen LogP contribution in [0, 0.1) is 5.92 Å². The first kappa shape index (κ1) is 15.1. The molecule has 2 N–H and O–H groups in total. The molecule has 0 atom stereocenters. The molecular weight excluding hydrogens is 326 g/mol. The largest absolute Gasteiger partial charge is 0.480 e. The summed E-state index contributed by atoms with van der Waals surface area (Å²) >= 11 is 3.13. The third-order valence-corrected chi connectivity index (χ3v) is 4.77. The summed E-state index contributed by atoms with van der Waals surface area (Å²) in [6.07, 6.45) is 5.05. The summed E-state index contributed by atoms with van der Waals surface area (Å²) in [5, 5.41) is 12.2. The van der Waals surface area contributed by atoms with Crippen LogP contribution < -0.4 is 5.32 Å². The van der Waals surface area contributed by atoms with Gasteiger partial charge in [-0.3, -0.25) is 4.79 Å². The van der Waals surface area contributed by atoms with Crippen LogP contribution in [-0.4, -0.2) is 22.5 Å². The van der Waals surface area contributed by atoms with Crippen LogP contribution in [0.25, 0.3) is 0 Å². The molecule has 0 bridgehead atoms. The van der Waals surface area contributed by atoms with Gasteiger partial charge in [-0.25, -0.2) is 4.79 Å². The van der Waals surface area contributed by atoms with Crippen molar-refractivity contribution in [1.29, 1.82) is 0 Å². The van der Waals surface area contributed by atoms with Gasteiger partial charge in [-0.15, -0.1) is 0 Å². The lowest BCUT2D eigenvalue weighted by molar-refractivity contribution is -0.146. The van der Waals surface area contributed by atoms with E-state index in [4.69, 9.17) is 4.42 Å². The highest BCUT2D eigenvalue weighted by Crippen LogP contribution is 2.34. The van der Waals surface area contributed by atoms with Gasteiger partial charge in [0.15, 0.2) is 4.67 Å². The fourth-order valence-corrected chi connectivity index (χ4v) is 3.13. The Labute approximate surface area is 125 Å². The van der Waals surface area contributed by atoms with Crippen LogP contribution in [0.15, 0.2) is 21.4 Å². The summed E-state index contributed by atoms with van der Waals surface area (Å²) in [6.45, 7) is 2.11. The summed E-state index contributed by atoms with van der Waals surface area (Å²) in [5.41, 5.74) is -0.831. The van der Waals surface area contributed by atoms with Gasteiger partial charge in [0.2, 0.25) is 0 Å². The molecule has 1 aromatic rings. The molecule has 110 valence electrons. The average Bonchev–Trinajstić information content (AvgIpc) is 2.85. The second kappa shape index (κ2) is 5.99. The summed E-state index contributed by atoms with van der Waals surface area (Å²) in [7, 11) is 0. The van der Waals surface area contributed by atoms with Crippen molar-refractivity contribution in [3.8, 4) is 0 Å². The Balaban J connectivity index is 2.13. The number of furan rings is 1. The summed E-state index contributed by atoms with van der Waals surface area (Å²) in [6, 6.07) is 1.52. The SMILES string of the molecule is CCC1CCC(NC(=O)c2ccoc2Br)(C(=O)O)CC1. The molecule has 2 rings (SSSR count). The molecule has 5 nitrogen and oxygen atoms in total. The first-order valence-electron chi connectivity index (χ1n) is 6.77. The number of carbonyl (C=O) groups is 2. The lowest BCUT2D eigenvalue weighted by Gasteiger charge is -2.37. The molecule has 20 heavy (non-hydrogen) atoms. The molecular formula is C14H18BrNO4. The molecule has 0 radical (unpaired) electrons. The minimum absolute atomic E-state index is 0.317. The monoisotopic (exact) mass is 343 g/mol. The van der Waals surface area contributed by atoms with Crippen LogP contribution in [0.2, 0.25) is 0 Å². The van der Waals surface area contributed by atoms with Gasteiger partial charge >= 0.3 is 5.97 Å². The molecule has 1 amide bonds. The summed E-state index contributed by atoms with van der Waals surface area (Å²) in [5.74, 6) is -0.817. The van der Waals surface area contributed by atoms with Gasteiger partial charge in [-0.1, -0.05) is 13.3 Å². The molecule has 1 saturated carbocycles. The zero-order valence-corrected chi connectivity index (χ0v) is 12.9. The van der Waals surface area contributed by atoms with Crippen molar-refractivity contribution in [1.82, 2.24) is 5.32 Å². The lowest BCUT2D eigenvalue weighted by Crippen LogP contribution is -2.56. The first-order valence-corrected chi connectivity index (χ1v) is 7.56.